The SMILES string of the molecule is CC1CC(n2cc(F)c(=O)[nH]c2=O)OC1C(O)O. The van der Waals surface area contributed by atoms with Gasteiger partial charge in [-0.15, -0.1) is 0 Å². The molecule has 1 aliphatic heterocycles. The lowest BCUT2D eigenvalue weighted by atomic mass is 10.0. The van der Waals surface area contributed by atoms with Crippen molar-refractivity contribution >= 4 is 0 Å². The van der Waals surface area contributed by atoms with Crippen molar-refractivity contribution in [3.63, 3.8) is 0 Å². The van der Waals surface area contributed by atoms with E-state index in [0.717, 1.165) is 10.8 Å². The molecule has 3 unspecified atom stereocenters. The van der Waals surface area contributed by atoms with E-state index < -0.39 is 35.7 Å². The van der Waals surface area contributed by atoms with Gasteiger partial charge in [0.05, 0.1) is 6.20 Å². The average Bonchev–Trinajstić information content (AvgIpc) is 2.65. The second-order valence-corrected chi connectivity index (χ2v) is 4.33. The Hall–Kier alpha value is -1.51. The summed E-state index contributed by atoms with van der Waals surface area (Å²) in [6, 6.07) is 0. The molecule has 2 heterocycles. The molecule has 0 spiro atoms. The van der Waals surface area contributed by atoms with E-state index in [1.807, 2.05) is 4.98 Å². The molecular weight excluding hydrogens is 247 g/mol. The summed E-state index contributed by atoms with van der Waals surface area (Å²) in [5, 5.41) is 18.1. The molecule has 7 nitrogen and oxygen atoms in total. The predicted octanol–water partition coefficient (Wildman–Crippen LogP) is -1.09. The van der Waals surface area contributed by atoms with Crippen LogP contribution in [0.25, 0.3) is 0 Å². The van der Waals surface area contributed by atoms with Gasteiger partial charge in [0.2, 0.25) is 5.82 Å². The summed E-state index contributed by atoms with van der Waals surface area (Å²) in [5.41, 5.74) is -1.90. The highest BCUT2D eigenvalue weighted by atomic mass is 19.1. The molecule has 2 rings (SSSR count). The van der Waals surface area contributed by atoms with Crippen molar-refractivity contribution in [1.29, 1.82) is 0 Å². The van der Waals surface area contributed by atoms with Crippen LogP contribution in [0.5, 0.6) is 0 Å². The van der Waals surface area contributed by atoms with Gasteiger partial charge in [0.1, 0.15) is 12.3 Å². The lowest BCUT2D eigenvalue weighted by Crippen LogP contribution is -2.34. The summed E-state index contributed by atoms with van der Waals surface area (Å²) in [6.45, 7) is 1.72. The molecular formula is C10H13FN2O5. The molecule has 3 atom stereocenters. The van der Waals surface area contributed by atoms with Crippen LogP contribution in [-0.4, -0.2) is 32.2 Å². The molecule has 0 bridgehead atoms. The Balaban J connectivity index is 2.32. The summed E-state index contributed by atoms with van der Waals surface area (Å²) in [6.07, 6.45) is -2.28. The van der Waals surface area contributed by atoms with E-state index in [-0.39, 0.29) is 5.92 Å². The van der Waals surface area contributed by atoms with E-state index in [0.29, 0.717) is 6.42 Å². The van der Waals surface area contributed by atoms with E-state index in [1.165, 1.54) is 0 Å². The minimum absolute atomic E-state index is 0.211. The number of rotatable bonds is 2. The maximum Gasteiger partial charge on any atom is 0.330 e. The molecule has 0 amide bonds. The van der Waals surface area contributed by atoms with Gasteiger partial charge in [0.15, 0.2) is 6.29 Å². The van der Waals surface area contributed by atoms with E-state index >= 15 is 0 Å². The largest absolute Gasteiger partial charge is 0.366 e. The summed E-state index contributed by atoms with van der Waals surface area (Å²) < 4.78 is 19.3. The third-order valence-corrected chi connectivity index (χ3v) is 2.98. The third-order valence-electron chi connectivity index (χ3n) is 2.98. The summed E-state index contributed by atoms with van der Waals surface area (Å²) >= 11 is 0. The van der Waals surface area contributed by atoms with Crippen LogP contribution in [0, 0.1) is 11.7 Å². The lowest BCUT2D eigenvalue weighted by molar-refractivity contribution is -0.158. The van der Waals surface area contributed by atoms with Crippen molar-refractivity contribution in [3.05, 3.63) is 32.9 Å². The zero-order chi connectivity index (χ0) is 13.4. The second kappa shape index (κ2) is 4.63. The number of halogens is 1. The van der Waals surface area contributed by atoms with Crippen LogP contribution in [-0.2, 0) is 4.74 Å². The summed E-state index contributed by atoms with van der Waals surface area (Å²) in [7, 11) is 0. The topological polar surface area (TPSA) is 105 Å². The molecule has 0 radical (unpaired) electrons. The Bertz CT molecular complexity index is 552. The Kier molecular flexibility index (Phi) is 3.33. The van der Waals surface area contributed by atoms with E-state index in [1.54, 1.807) is 6.92 Å². The predicted molar refractivity (Wildman–Crippen MR) is 57.2 cm³/mol. The number of ether oxygens (including phenoxy) is 1. The van der Waals surface area contributed by atoms with Crippen molar-refractivity contribution in [2.75, 3.05) is 0 Å². The number of aromatic nitrogens is 2. The number of H-pyrrole nitrogens is 1. The fourth-order valence-electron chi connectivity index (χ4n) is 2.04. The normalized spacial score (nSPS) is 27.9. The fraction of sp³-hybridized carbons (Fsp3) is 0.600. The zero-order valence-corrected chi connectivity index (χ0v) is 9.54. The van der Waals surface area contributed by atoms with Crippen LogP contribution in [0.1, 0.15) is 19.6 Å². The van der Waals surface area contributed by atoms with Crippen LogP contribution in [0.2, 0.25) is 0 Å². The van der Waals surface area contributed by atoms with E-state index in [4.69, 9.17) is 14.9 Å². The van der Waals surface area contributed by atoms with E-state index in [9.17, 15) is 14.0 Å². The van der Waals surface area contributed by atoms with Crippen LogP contribution in [0.4, 0.5) is 4.39 Å². The minimum Gasteiger partial charge on any atom is -0.366 e. The monoisotopic (exact) mass is 260 g/mol. The number of nitrogens with zero attached hydrogens (tertiary/aromatic N) is 1. The Morgan fingerprint density at radius 3 is 2.78 bits per heavy atom. The number of hydrogen-bond donors (Lipinski definition) is 3. The maximum absolute atomic E-state index is 13.1. The molecule has 1 saturated heterocycles. The van der Waals surface area contributed by atoms with Gasteiger partial charge in [-0.25, -0.2) is 4.79 Å². The first-order valence-corrected chi connectivity index (χ1v) is 5.42. The van der Waals surface area contributed by atoms with Gasteiger partial charge in [-0.2, -0.15) is 4.39 Å². The minimum atomic E-state index is -1.67. The van der Waals surface area contributed by atoms with Crippen LogP contribution < -0.4 is 11.2 Å². The molecule has 1 aromatic heterocycles. The molecule has 8 heteroatoms. The third kappa shape index (κ3) is 2.22. The molecule has 1 aliphatic rings. The quantitative estimate of drug-likeness (QED) is 0.586. The molecule has 18 heavy (non-hydrogen) atoms. The van der Waals surface area contributed by atoms with Gasteiger partial charge in [0.25, 0.3) is 5.56 Å². The smallest absolute Gasteiger partial charge is 0.330 e. The zero-order valence-electron chi connectivity index (χ0n) is 9.54. The molecule has 0 aliphatic carbocycles. The van der Waals surface area contributed by atoms with Crippen molar-refractivity contribution < 1.29 is 19.3 Å². The standard InChI is InChI=1S/C10H13FN2O5/c1-4-2-6(18-7(4)9(15)16)13-3-5(11)8(14)12-10(13)17/h3-4,6-7,9,15-16H,2H2,1H3,(H,12,14,17). The maximum atomic E-state index is 13.1. The number of hydrogen-bond acceptors (Lipinski definition) is 5. The van der Waals surface area contributed by atoms with Gasteiger partial charge in [-0.05, 0) is 12.3 Å². The Morgan fingerprint density at radius 1 is 1.56 bits per heavy atom. The van der Waals surface area contributed by atoms with Crippen molar-refractivity contribution in [1.82, 2.24) is 9.55 Å². The number of aliphatic hydroxyl groups excluding tert-OH is 1. The highest BCUT2D eigenvalue weighted by Gasteiger charge is 2.37. The Labute approximate surface area is 100 Å². The Morgan fingerprint density at radius 2 is 2.22 bits per heavy atom. The molecule has 0 saturated carbocycles. The van der Waals surface area contributed by atoms with Gasteiger partial charge in [-0.3, -0.25) is 14.3 Å². The summed E-state index contributed by atoms with van der Waals surface area (Å²) in [5.74, 6) is -1.31. The fourth-order valence-corrected chi connectivity index (χ4v) is 2.04. The van der Waals surface area contributed by atoms with Crippen molar-refractivity contribution in [3.8, 4) is 0 Å². The van der Waals surface area contributed by atoms with Crippen molar-refractivity contribution in [2.45, 2.75) is 32.0 Å². The average molecular weight is 260 g/mol. The first-order chi connectivity index (χ1) is 8.40. The van der Waals surface area contributed by atoms with Crippen LogP contribution >= 0.6 is 0 Å². The summed E-state index contributed by atoms with van der Waals surface area (Å²) in [4.78, 5) is 24.2. The first kappa shape index (κ1) is 12.9. The van der Waals surface area contributed by atoms with Gasteiger partial charge in [0, 0.05) is 0 Å². The molecule has 0 aromatic carbocycles. The number of nitrogens with one attached hydrogen (secondary N) is 1. The lowest BCUT2D eigenvalue weighted by Gasteiger charge is -2.17. The van der Waals surface area contributed by atoms with Crippen LogP contribution in [0.3, 0.4) is 0 Å². The highest BCUT2D eigenvalue weighted by Crippen LogP contribution is 2.33. The highest BCUT2D eigenvalue weighted by molar-refractivity contribution is 4.90. The second-order valence-electron chi connectivity index (χ2n) is 4.33. The molecule has 1 fully saturated rings. The molecule has 3 N–H and O–H groups in total. The van der Waals surface area contributed by atoms with E-state index in [2.05, 4.69) is 0 Å². The van der Waals surface area contributed by atoms with Crippen LogP contribution in [0.15, 0.2) is 15.8 Å². The molecule has 1 aromatic rings. The first-order valence-electron chi connectivity index (χ1n) is 5.42. The van der Waals surface area contributed by atoms with Gasteiger partial charge in [-0.1, -0.05) is 6.92 Å². The molecule has 100 valence electrons. The van der Waals surface area contributed by atoms with Gasteiger partial charge < -0.3 is 14.9 Å². The number of aromatic amines is 1. The van der Waals surface area contributed by atoms with Crippen molar-refractivity contribution in [2.24, 2.45) is 5.92 Å². The van der Waals surface area contributed by atoms with Gasteiger partial charge >= 0.3 is 5.69 Å². The number of aliphatic hydroxyl groups is 2.